The molecule has 0 spiro atoms. The Balaban J connectivity index is 1.59. The van der Waals surface area contributed by atoms with Gasteiger partial charge in [0, 0.05) is 26.1 Å². The molecule has 3 aliphatic rings. The van der Waals surface area contributed by atoms with Gasteiger partial charge in [0.15, 0.2) is 5.82 Å². The van der Waals surface area contributed by atoms with Crippen molar-refractivity contribution in [2.24, 2.45) is 5.92 Å². The third-order valence-electron chi connectivity index (χ3n) is 6.43. The molecular formula is C18H30N6O2. The van der Waals surface area contributed by atoms with Crippen molar-refractivity contribution in [2.75, 3.05) is 39.9 Å². The number of aromatic nitrogens is 4. The van der Waals surface area contributed by atoms with E-state index >= 15 is 0 Å². The molecule has 1 aromatic rings. The summed E-state index contributed by atoms with van der Waals surface area (Å²) in [6.07, 6.45) is 7.82. The molecule has 3 fully saturated rings. The van der Waals surface area contributed by atoms with Gasteiger partial charge in [-0.25, -0.2) is 4.68 Å². The highest BCUT2D eigenvalue weighted by Crippen LogP contribution is 2.40. The van der Waals surface area contributed by atoms with Crippen LogP contribution in [0.1, 0.15) is 50.8 Å². The van der Waals surface area contributed by atoms with Crippen LogP contribution in [0.5, 0.6) is 0 Å². The van der Waals surface area contributed by atoms with Crippen molar-refractivity contribution in [3.05, 3.63) is 5.82 Å². The second-order valence-corrected chi connectivity index (χ2v) is 7.94. The lowest BCUT2D eigenvalue weighted by Gasteiger charge is -2.37. The molecule has 1 aromatic heterocycles. The van der Waals surface area contributed by atoms with E-state index in [1.165, 1.54) is 25.7 Å². The maximum Gasteiger partial charge on any atom is 0.225 e. The summed E-state index contributed by atoms with van der Waals surface area (Å²) >= 11 is 0. The molecule has 1 aliphatic carbocycles. The molecule has 2 aliphatic heterocycles. The summed E-state index contributed by atoms with van der Waals surface area (Å²) in [5.41, 5.74) is -0.248. The highest BCUT2D eigenvalue weighted by atomic mass is 16.5. The Labute approximate surface area is 154 Å². The van der Waals surface area contributed by atoms with Crippen LogP contribution in [0.2, 0.25) is 0 Å². The summed E-state index contributed by atoms with van der Waals surface area (Å²) < 4.78 is 7.10. The predicted octanol–water partition coefficient (Wildman–Crippen LogP) is 1.03. The first-order valence-electron chi connectivity index (χ1n) is 10.0. The maximum atomic E-state index is 13.0. The Morgan fingerprint density at radius 2 is 1.96 bits per heavy atom. The third-order valence-corrected chi connectivity index (χ3v) is 6.43. The van der Waals surface area contributed by atoms with Gasteiger partial charge in [-0.15, -0.1) is 5.10 Å². The topological polar surface area (TPSA) is 76.4 Å². The molecule has 1 atom stereocenters. The van der Waals surface area contributed by atoms with Gasteiger partial charge in [-0.2, -0.15) is 0 Å². The molecule has 144 valence electrons. The van der Waals surface area contributed by atoms with Gasteiger partial charge in [0.1, 0.15) is 5.54 Å². The van der Waals surface area contributed by atoms with Crippen LogP contribution in [0.15, 0.2) is 0 Å². The standard InChI is InChI=1S/C18H30N6O2/c1-26-13-12-24-17(19-20-21-24)18(23-9-4-5-10-23)8-11-22(14-18)16(25)15-6-2-3-7-15/h15H,2-14H2,1H3. The summed E-state index contributed by atoms with van der Waals surface area (Å²) in [4.78, 5) is 17.6. The van der Waals surface area contributed by atoms with Crippen molar-refractivity contribution in [1.29, 1.82) is 0 Å². The van der Waals surface area contributed by atoms with E-state index in [2.05, 4.69) is 25.3 Å². The smallest absolute Gasteiger partial charge is 0.225 e. The van der Waals surface area contributed by atoms with Crippen LogP contribution in [-0.2, 0) is 21.6 Å². The fraction of sp³-hybridized carbons (Fsp3) is 0.889. The van der Waals surface area contributed by atoms with Gasteiger partial charge in [-0.05, 0) is 55.6 Å². The number of ether oxygens (including phenoxy) is 1. The van der Waals surface area contributed by atoms with Crippen molar-refractivity contribution < 1.29 is 9.53 Å². The van der Waals surface area contributed by atoms with E-state index in [0.717, 1.165) is 51.3 Å². The van der Waals surface area contributed by atoms with Gasteiger partial charge in [0.25, 0.3) is 0 Å². The molecule has 1 amide bonds. The summed E-state index contributed by atoms with van der Waals surface area (Å²) in [5.74, 6) is 1.48. The lowest BCUT2D eigenvalue weighted by Crippen LogP contribution is -2.49. The fourth-order valence-electron chi connectivity index (χ4n) is 5.01. The van der Waals surface area contributed by atoms with E-state index in [4.69, 9.17) is 4.74 Å². The number of tetrazole rings is 1. The van der Waals surface area contributed by atoms with Crippen LogP contribution in [-0.4, -0.2) is 75.8 Å². The largest absolute Gasteiger partial charge is 0.383 e. The lowest BCUT2D eigenvalue weighted by molar-refractivity contribution is -0.134. The molecule has 8 nitrogen and oxygen atoms in total. The number of hydrogen-bond acceptors (Lipinski definition) is 6. The number of amides is 1. The quantitative estimate of drug-likeness (QED) is 0.752. The zero-order valence-electron chi connectivity index (χ0n) is 15.8. The molecule has 26 heavy (non-hydrogen) atoms. The molecule has 2 saturated heterocycles. The Morgan fingerprint density at radius 3 is 2.69 bits per heavy atom. The number of methoxy groups -OCH3 is 1. The number of nitrogens with zero attached hydrogens (tertiary/aromatic N) is 6. The van der Waals surface area contributed by atoms with Gasteiger partial charge >= 0.3 is 0 Å². The third kappa shape index (κ3) is 3.13. The van der Waals surface area contributed by atoms with Gasteiger partial charge in [0.2, 0.25) is 5.91 Å². The summed E-state index contributed by atoms with van der Waals surface area (Å²) in [6.45, 7) is 4.87. The number of carbonyl (C=O) groups is 1. The van der Waals surface area contributed by atoms with Crippen molar-refractivity contribution >= 4 is 5.91 Å². The molecule has 0 radical (unpaired) electrons. The van der Waals surface area contributed by atoms with E-state index in [-0.39, 0.29) is 11.5 Å². The van der Waals surface area contributed by atoms with Gasteiger partial charge < -0.3 is 9.64 Å². The van der Waals surface area contributed by atoms with Crippen molar-refractivity contribution in [3.8, 4) is 0 Å². The highest BCUT2D eigenvalue weighted by molar-refractivity contribution is 5.79. The molecular weight excluding hydrogens is 332 g/mol. The van der Waals surface area contributed by atoms with Crippen LogP contribution < -0.4 is 0 Å². The molecule has 8 heteroatoms. The zero-order chi connectivity index (χ0) is 18.0. The van der Waals surface area contributed by atoms with E-state index < -0.39 is 0 Å². The van der Waals surface area contributed by atoms with Crippen LogP contribution >= 0.6 is 0 Å². The zero-order valence-corrected chi connectivity index (χ0v) is 15.8. The predicted molar refractivity (Wildman–Crippen MR) is 95.3 cm³/mol. The van der Waals surface area contributed by atoms with Crippen molar-refractivity contribution in [1.82, 2.24) is 30.0 Å². The molecule has 1 saturated carbocycles. The molecule has 4 rings (SSSR count). The Kier molecular flexibility index (Phi) is 5.22. The minimum atomic E-state index is -0.248. The Bertz CT molecular complexity index is 623. The van der Waals surface area contributed by atoms with E-state index in [1.807, 2.05) is 4.68 Å². The first-order chi connectivity index (χ1) is 12.7. The van der Waals surface area contributed by atoms with Crippen molar-refractivity contribution in [3.63, 3.8) is 0 Å². The average molecular weight is 362 g/mol. The second kappa shape index (κ2) is 7.60. The minimum absolute atomic E-state index is 0.230. The van der Waals surface area contributed by atoms with E-state index in [9.17, 15) is 4.79 Å². The van der Waals surface area contributed by atoms with Crippen LogP contribution in [0.25, 0.3) is 0 Å². The molecule has 0 bridgehead atoms. The maximum absolute atomic E-state index is 13.0. The Hall–Kier alpha value is -1.54. The number of hydrogen-bond donors (Lipinski definition) is 0. The first kappa shape index (κ1) is 17.9. The van der Waals surface area contributed by atoms with Gasteiger partial charge in [-0.1, -0.05) is 12.8 Å². The lowest BCUT2D eigenvalue weighted by atomic mass is 9.95. The average Bonchev–Trinajstić information content (AvgIpc) is 3.45. The molecule has 3 heterocycles. The van der Waals surface area contributed by atoms with E-state index in [0.29, 0.717) is 19.1 Å². The monoisotopic (exact) mass is 362 g/mol. The number of carbonyl (C=O) groups excluding carboxylic acids is 1. The van der Waals surface area contributed by atoms with Crippen molar-refractivity contribution in [2.45, 2.75) is 57.0 Å². The molecule has 0 N–H and O–H groups in total. The Morgan fingerprint density at radius 1 is 1.19 bits per heavy atom. The molecule has 0 aromatic carbocycles. The minimum Gasteiger partial charge on any atom is -0.383 e. The summed E-state index contributed by atoms with van der Waals surface area (Å²) in [6, 6.07) is 0. The normalized spacial score (nSPS) is 27.7. The molecule has 1 unspecified atom stereocenters. The fourth-order valence-corrected chi connectivity index (χ4v) is 5.01. The van der Waals surface area contributed by atoms with Crippen LogP contribution in [0.4, 0.5) is 0 Å². The highest BCUT2D eigenvalue weighted by Gasteiger charge is 2.50. The second-order valence-electron chi connectivity index (χ2n) is 7.94. The summed E-state index contributed by atoms with van der Waals surface area (Å²) in [7, 11) is 1.69. The van der Waals surface area contributed by atoms with Gasteiger partial charge in [0.05, 0.1) is 13.2 Å². The van der Waals surface area contributed by atoms with Crippen LogP contribution in [0.3, 0.4) is 0 Å². The first-order valence-corrected chi connectivity index (χ1v) is 10.0. The summed E-state index contributed by atoms with van der Waals surface area (Å²) in [5, 5.41) is 12.6. The number of rotatable bonds is 6. The number of likely N-dealkylation sites (tertiary alicyclic amines) is 2. The SMILES string of the molecule is COCCn1nnnc1C1(N2CCCC2)CCN(C(=O)C2CCCC2)C1. The van der Waals surface area contributed by atoms with Crippen LogP contribution in [0, 0.1) is 5.92 Å². The van der Waals surface area contributed by atoms with Gasteiger partial charge in [-0.3, -0.25) is 9.69 Å². The van der Waals surface area contributed by atoms with E-state index in [1.54, 1.807) is 7.11 Å².